The lowest BCUT2D eigenvalue weighted by molar-refractivity contribution is -0.125. The summed E-state index contributed by atoms with van der Waals surface area (Å²) in [7, 11) is 0. The highest BCUT2D eigenvalue weighted by molar-refractivity contribution is 6.13. The monoisotopic (exact) mass is 268 g/mol. The first-order chi connectivity index (χ1) is 9.38. The van der Waals surface area contributed by atoms with Crippen molar-refractivity contribution >= 4 is 11.6 Å². The summed E-state index contributed by atoms with van der Waals surface area (Å²) in [5, 5.41) is 0. The highest BCUT2D eigenvalue weighted by Gasteiger charge is 2.63. The summed E-state index contributed by atoms with van der Waals surface area (Å²) >= 11 is 0. The molecule has 2 saturated carbocycles. The van der Waals surface area contributed by atoms with Gasteiger partial charge in [-0.15, -0.1) is 0 Å². The number of ketones is 2. The zero-order valence-electron chi connectivity index (χ0n) is 12.3. The first-order valence-electron chi connectivity index (χ1n) is 7.24. The number of benzene rings is 1. The summed E-state index contributed by atoms with van der Waals surface area (Å²) < 4.78 is 0. The molecule has 0 aliphatic heterocycles. The third-order valence-electron chi connectivity index (χ3n) is 5.71. The van der Waals surface area contributed by atoms with Crippen molar-refractivity contribution in [1.82, 2.24) is 0 Å². The molecule has 0 N–H and O–H groups in total. The van der Waals surface area contributed by atoms with Crippen molar-refractivity contribution in [1.29, 1.82) is 0 Å². The Labute approximate surface area is 119 Å². The third-order valence-corrected chi connectivity index (χ3v) is 5.71. The quantitative estimate of drug-likeness (QED) is 0.603. The highest BCUT2D eigenvalue weighted by Crippen LogP contribution is 2.65. The van der Waals surface area contributed by atoms with Crippen LogP contribution in [0, 0.1) is 16.7 Å². The molecule has 1 aromatic carbocycles. The molecule has 2 aliphatic rings. The van der Waals surface area contributed by atoms with Gasteiger partial charge >= 0.3 is 0 Å². The molecular weight excluding hydrogens is 248 g/mol. The zero-order chi connectivity index (χ0) is 14.5. The van der Waals surface area contributed by atoms with Gasteiger partial charge in [0.15, 0.2) is 11.6 Å². The van der Waals surface area contributed by atoms with E-state index in [1.165, 1.54) is 0 Å². The third kappa shape index (κ3) is 1.57. The van der Waals surface area contributed by atoms with Crippen LogP contribution >= 0.6 is 0 Å². The smallest absolute Gasteiger partial charge is 0.186 e. The van der Waals surface area contributed by atoms with Gasteiger partial charge in [-0.05, 0) is 30.3 Å². The Morgan fingerprint density at radius 2 is 1.85 bits per heavy atom. The second-order valence-electron chi connectivity index (χ2n) is 6.80. The maximum Gasteiger partial charge on any atom is 0.186 e. The minimum atomic E-state index is -0.291. The molecule has 2 fully saturated rings. The SMILES string of the molecule is CC12CCC(/C(=C\C(=O)c3ccccc3)C1=O)C2(C)C. The summed E-state index contributed by atoms with van der Waals surface area (Å²) in [5.74, 6) is 0.358. The largest absolute Gasteiger partial charge is 0.294 e. The molecule has 0 aromatic heterocycles. The highest BCUT2D eigenvalue weighted by atomic mass is 16.1. The van der Waals surface area contributed by atoms with Crippen LogP contribution in [0.25, 0.3) is 0 Å². The first-order valence-corrected chi connectivity index (χ1v) is 7.24. The fraction of sp³-hybridized carbons (Fsp3) is 0.444. The molecule has 3 rings (SSSR count). The van der Waals surface area contributed by atoms with Crippen LogP contribution in [0.2, 0.25) is 0 Å². The van der Waals surface area contributed by atoms with E-state index in [4.69, 9.17) is 0 Å². The van der Waals surface area contributed by atoms with Crippen molar-refractivity contribution in [2.24, 2.45) is 16.7 Å². The number of Topliss-reactive ketones (excluding diaryl/α,β-unsaturated/α-hetero) is 1. The van der Waals surface area contributed by atoms with Crippen LogP contribution in [0.1, 0.15) is 44.0 Å². The minimum absolute atomic E-state index is 0.0348. The number of allylic oxidation sites excluding steroid dienone is 2. The fourth-order valence-corrected chi connectivity index (χ4v) is 3.92. The van der Waals surface area contributed by atoms with Gasteiger partial charge in [0.05, 0.1) is 0 Å². The molecule has 0 heterocycles. The van der Waals surface area contributed by atoms with Crippen LogP contribution in [0.4, 0.5) is 0 Å². The van der Waals surface area contributed by atoms with E-state index >= 15 is 0 Å². The maximum atomic E-state index is 12.7. The zero-order valence-corrected chi connectivity index (χ0v) is 12.3. The van der Waals surface area contributed by atoms with E-state index < -0.39 is 0 Å². The summed E-state index contributed by atoms with van der Waals surface area (Å²) in [6, 6.07) is 9.17. The van der Waals surface area contributed by atoms with Crippen molar-refractivity contribution < 1.29 is 9.59 Å². The number of carbonyl (C=O) groups is 2. The standard InChI is InChI=1S/C18H20O2/c1-17(2)14-9-10-18(17,3)16(20)13(14)11-15(19)12-7-5-4-6-8-12/h4-8,11,14H,9-10H2,1-3H3/b13-11+. The lowest BCUT2D eigenvalue weighted by atomic mass is 9.70. The Hall–Kier alpha value is -1.70. The second-order valence-corrected chi connectivity index (χ2v) is 6.80. The van der Waals surface area contributed by atoms with Crippen LogP contribution in [-0.4, -0.2) is 11.6 Å². The second kappa shape index (κ2) is 4.15. The van der Waals surface area contributed by atoms with E-state index in [-0.39, 0.29) is 28.3 Å². The van der Waals surface area contributed by atoms with Crippen LogP contribution in [-0.2, 0) is 4.79 Å². The average Bonchev–Trinajstić information content (AvgIpc) is 2.74. The summed E-state index contributed by atoms with van der Waals surface area (Å²) in [5.41, 5.74) is 1.07. The Morgan fingerprint density at radius 3 is 2.40 bits per heavy atom. The molecule has 2 unspecified atom stereocenters. The van der Waals surface area contributed by atoms with Crippen LogP contribution in [0.15, 0.2) is 42.0 Å². The topological polar surface area (TPSA) is 34.1 Å². The van der Waals surface area contributed by atoms with Gasteiger partial charge in [-0.1, -0.05) is 51.1 Å². The van der Waals surface area contributed by atoms with Gasteiger partial charge < -0.3 is 0 Å². The van der Waals surface area contributed by atoms with Crippen molar-refractivity contribution in [3.8, 4) is 0 Å². The minimum Gasteiger partial charge on any atom is -0.294 e. The van der Waals surface area contributed by atoms with Crippen LogP contribution in [0.3, 0.4) is 0 Å². The normalized spacial score (nSPS) is 32.9. The number of hydrogen-bond acceptors (Lipinski definition) is 2. The van der Waals surface area contributed by atoms with Crippen molar-refractivity contribution in [2.45, 2.75) is 33.6 Å². The molecule has 0 saturated heterocycles. The fourth-order valence-electron chi connectivity index (χ4n) is 3.92. The van der Waals surface area contributed by atoms with Gasteiger partial charge in [0.25, 0.3) is 0 Å². The van der Waals surface area contributed by atoms with Crippen LogP contribution in [0.5, 0.6) is 0 Å². The van der Waals surface area contributed by atoms with E-state index in [2.05, 4.69) is 20.8 Å². The molecule has 1 aromatic rings. The lowest BCUT2D eigenvalue weighted by Crippen LogP contribution is -2.32. The van der Waals surface area contributed by atoms with Crippen molar-refractivity contribution in [3.63, 3.8) is 0 Å². The molecule has 2 bridgehead atoms. The maximum absolute atomic E-state index is 12.7. The summed E-state index contributed by atoms with van der Waals surface area (Å²) in [6.45, 7) is 6.38. The molecule has 0 radical (unpaired) electrons. The van der Waals surface area contributed by atoms with Crippen molar-refractivity contribution in [2.75, 3.05) is 0 Å². The van der Waals surface area contributed by atoms with Gasteiger partial charge in [0, 0.05) is 16.6 Å². The molecule has 2 nitrogen and oxygen atoms in total. The summed E-state index contributed by atoms with van der Waals surface area (Å²) in [6.07, 6.45) is 3.55. The number of carbonyl (C=O) groups excluding carboxylic acids is 2. The number of rotatable bonds is 2. The van der Waals surface area contributed by atoms with Gasteiger partial charge in [-0.25, -0.2) is 0 Å². The number of hydrogen-bond donors (Lipinski definition) is 0. The van der Waals surface area contributed by atoms with Gasteiger partial charge in [-0.2, -0.15) is 0 Å². The predicted molar refractivity (Wildman–Crippen MR) is 78.5 cm³/mol. The summed E-state index contributed by atoms with van der Waals surface area (Å²) in [4.78, 5) is 25.0. The van der Waals surface area contributed by atoms with Crippen molar-refractivity contribution in [3.05, 3.63) is 47.5 Å². The Morgan fingerprint density at radius 1 is 1.20 bits per heavy atom. The average molecular weight is 268 g/mol. The van der Waals surface area contributed by atoms with Crippen LogP contribution < -0.4 is 0 Å². The molecule has 2 aliphatic carbocycles. The van der Waals surface area contributed by atoms with E-state index in [1.54, 1.807) is 18.2 Å². The first kappa shape index (κ1) is 13.3. The molecule has 20 heavy (non-hydrogen) atoms. The molecule has 104 valence electrons. The van der Waals surface area contributed by atoms with Gasteiger partial charge in [-0.3, -0.25) is 9.59 Å². The van der Waals surface area contributed by atoms with E-state index in [1.807, 2.05) is 18.2 Å². The Kier molecular flexibility index (Phi) is 2.75. The lowest BCUT2D eigenvalue weighted by Gasteiger charge is -2.31. The molecule has 0 spiro atoms. The van der Waals surface area contributed by atoms with Gasteiger partial charge in [0.2, 0.25) is 0 Å². The van der Waals surface area contributed by atoms with Gasteiger partial charge in [0.1, 0.15) is 0 Å². The molecule has 2 heteroatoms. The van der Waals surface area contributed by atoms with E-state index in [9.17, 15) is 9.59 Å². The van der Waals surface area contributed by atoms with E-state index in [0.29, 0.717) is 5.56 Å². The molecule has 0 amide bonds. The van der Waals surface area contributed by atoms with E-state index in [0.717, 1.165) is 18.4 Å². The molecule has 2 atom stereocenters. The Balaban J connectivity index is 1.99. The Bertz CT molecular complexity index is 610. The number of fused-ring (bicyclic) bond motifs is 2. The molecular formula is C18H20O2. The predicted octanol–water partition coefficient (Wildman–Crippen LogP) is 3.82.